The van der Waals surface area contributed by atoms with E-state index in [1.807, 2.05) is 24.3 Å². The summed E-state index contributed by atoms with van der Waals surface area (Å²) < 4.78 is 5.82. The summed E-state index contributed by atoms with van der Waals surface area (Å²) in [6.45, 7) is 7.42. The standard InChI is InChI=1S/C18H27N3O2/c1-20-8-10-21(11-9-20)13-18(22)16-2-4-17(5-3-16)23-14-15-6-7-19-12-15/h2-5,15,19H,6-14H2,1H3. The van der Waals surface area contributed by atoms with E-state index in [0.717, 1.165) is 57.2 Å². The molecule has 1 atom stereocenters. The Kier molecular flexibility index (Phi) is 5.65. The molecule has 0 radical (unpaired) electrons. The number of benzene rings is 1. The number of rotatable bonds is 6. The van der Waals surface area contributed by atoms with Crippen LogP contribution in [-0.4, -0.2) is 75.1 Å². The minimum atomic E-state index is 0.195. The van der Waals surface area contributed by atoms with Crippen molar-refractivity contribution in [1.29, 1.82) is 0 Å². The molecule has 0 aliphatic carbocycles. The fourth-order valence-corrected chi connectivity index (χ4v) is 3.11. The molecule has 3 rings (SSSR count). The Morgan fingerprint density at radius 1 is 1.22 bits per heavy atom. The van der Waals surface area contributed by atoms with Gasteiger partial charge in [-0.05, 0) is 44.3 Å². The van der Waals surface area contributed by atoms with Crippen molar-refractivity contribution in [2.75, 3.05) is 59.5 Å². The van der Waals surface area contributed by atoms with E-state index in [9.17, 15) is 4.79 Å². The summed E-state index contributed by atoms with van der Waals surface area (Å²) in [5.41, 5.74) is 0.777. The van der Waals surface area contributed by atoms with Crippen molar-refractivity contribution >= 4 is 5.78 Å². The van der Waals surface area contributed by atoms with E-state index in [4.69, 9.17) is 4.74 Å². The predicted molar refractivity (Wildman–Crippen MR) is 91.2 cm³/mol. The van der Waals surface area contributed by atoms with Gasteiger partial charge in [0.05, 0.1) is 13.2 Å². The number of ketones is 1. The largest absolute Gasteiger partial charge is 0.493 e. The Bertz CT molecular complexity index is 504. The highest BCUT2D eigenvalue weighted by molar-refractivity contribution is 5.97. The van der Waals surface area contributed by atoms with Crippen LogP contribution < -0.4 is 10.1 Å². The van der Waals surface area contributed by atoms with Gasteiger partial charge in [-0.15, -0.1) is 0 Å². The Morgan fingerprint density at radius 2 is 1.96 bits per heavy atom. The maximum atomic E-state index is 12.4. The molecule has 2 aliphatic heterocycles. The van der Waals surface area contributed by atoms with E-state index >= 15 is 0 Å². The van der Waals surface area contributed by atoms with Crippen molar-refractivity contribution in [3.63, 3.8) is 0 Å². The van der Waals surface area contributed by atoms with Gasteiger partial charge in [-0.2, -0.15) is 0 Å². The van der Waals surface area contributed by atoms with Crippen LogP contribution in [-0.2, 0) is 0 Å². The van der Waals surface area contributed by atoms with Crippen molar-refractivity contribution in [3.8, 4) is 5.75 Å². The van der Waals surface area contributed by atoms with Crippen molar-refractivity contribution in [2.45, 2.75) is 6.42 Å². The van der Waals surface area contributed by atoms with Crippen molar-refractivity contribution in [3.05, 3.63) is 29.8 Å². The molecule has 5 nitrogen and oxygen atoms in total. The predicted octanol–water partition coefficient (Wildman–Crippen LogP) is 1.11. The molecule has 0 bridgehead atoms. The van der Waals surface area contributed by atoms with Gasteiger partial charge in [-0.25, -0.2) is 0 Å². The molecule has 0 aromatic heterocycles. The molecule has 126 valence electrons. The van der Waals surface area contributed by atoms with Gasteiger partial charge in [0, 0.05) is 44.2 Å². The first-order valence-electron chi connectivity index (χ1n) is 8.58. The molecule has 1 aromatic carbocycles. The minimum Gasteiger partial charge on any atom is -0.493 e. The average molecular weight is 317 g/mol. The number of nitrogens with zero attached hydrogens (tertiary/aromatic N) is 2. The maximum Gasteiger partial charge on any atom is 0.176 e. The summed E-state index contributed by atoms with van der Waals surface area (Å²) in [5, 5.41) is 3.34. The smallest absolute Gasteiger partial charge is 0.176 e. The number of carbonyl (C=O) groups is 1. The van der Waals surface area contributed by atoms with Gasteiger partial charge in [-0.1, -0.05) is 0 Å². The summed E-state index contributed by atoms with van der Waals surface area (Å²) in [7, 11) is 2.12. The summed E-state index contributed by atoms with van der Waals surface area (Å²) in [6, 6.07) is 7.61. The highest BCUT2D eigenvalue weighted by Crippen LogP contribution is 2.16. The molecule has 2 saturated heterocycles. The summed E-state index contributed by atoms with van der Waals surface area (Å²) in [4.78, 5) is 16.9. The molecule has 0 saturated carbocycles. The molecule has 0 amide bonds. The Balaban J connectivity index is 1.47. The molecule has 2 fully saturated rings. The molecule has 2 aliphatic rings. The summed E-state index contributed by atoms with van der Waals surface area (Å²) in [6.07, 6.45) is 1.18. The van der Waals surface area contributed by atoms with Gasteiger partial charge in [0.25, 0.3) is 0 Å². The van der Waals surface area contributed by atoms with E-state index in [0.29, 0.717) is 12.5 Å². The van der Waals surface area contributed by atoms with E-state index in [2.05, 4.69) is 22.2 Å². The molecule has 2 heterocycles. The zero-order valence-corrected chi connectivity index (χ0v) is 14.0. The Hall–Kier alpha value is -1.43. The van der Waals surface area contributed by atoms with Crippen LogP contribution in [0.4, 0.5) is 0 Å². The Morgan fingerprint density at radius 3 is 2.61 bits per heavy atom. The molecule has 1 unspecified atom stereocenters. The first kappa shape index (κ1) is 16.4. The number of Topliss-reactive ketones (excluding diaryl/α,β-unsaturated/α-hetero) is 1. The van der Waals surface area contributed by atoms with Gasteiger partial charge < -0.3 is 15.0 Å². The number of hydrogen-bond acceptors (Lipinski definition) is 5. The van der Waals surface area contributed by atoms with E-state index in [1.165, 1.54) is 6.42 Å². The zero-order chi connectivity index (χ0) is 16.1. The SMILES string of the molecule is CN1CCN(CC(=O)c2ccc(OCC3CCNC3)cc2)CC1. The van der Waals surface area contributed by atoms with Crippen molar-refractivity contribution < 1.29 is 9.53 Å². The second-order valence-corrected chi connectivity index (χ2v) is 6.70. The van der Waals surface area contributed by atoms with Crippen LogP contribution in [0.25, 0.3) is 0 Å². The van der Waals surface area contributed by atoms with Crippen molar-refractivity contribution in [2.24, 2.45) is 5.92 Å². The third-order valence-corrected chi connectivity index (χ3v) is 4.79. The number of hydrogen-bond donors (Lipinski definition) is 1. The van der Waals surface area contributed by atoms with Crippen LogP contribution in [0.3, 0.4) is 0 Å². The third-order valence-electron chi connectivity index (χ3n) is 4.79. The fraction of sp³-hybridized carbons (Fsp3) is 0.611. The van der Waals surface area contributed by atoms with Gasteiger partial charge in [0.1, 0.15) is 5.75 Å². The molecular formula is C18H27N3O2. The number of nitrogens with one attached hydrogen (secondary N) is 1. The normalized spacial score (nSPS) is 23.1. The maximum absolute atomic E-state index is 12.4. The zero-order valence-electron chi connectivity index (χ0n) is 14.0. The van der Waals surface area contributed by atoms with Crippen LogP contribution in [0, 0.1) is 5.92 Å². The second-order valence-electron chi connectivity index (χ2n) is 6.70. The van der Waals surface area contributed by atoms with Crippen LogP contribution in [0.15, 0.2) is 24.3 Å². The molecule has 5 heteroatoms. The summed E-state index contributed by atoms with van der Waals surface area (Å²) in [5.74, 6) is 1.66. The molecule has 1 N–H and O–H groups in total. The molecule has 23 heavy (non-hydrogen) atoms. The average Bonchev–Trinajstić information content (AvgIpc) is 3.09. The lowest BCUT2D eigenvalue weighted by molar-refractivity contribution is 0.0876. The van der Waals surface area contributed by atoms with E-state index in [1.54, 1.807) is 0 Å². The van der Waals surface area contributed by atoms with Crippen LogP contribution >= 0.6 is 0 Å². The van der Waals surface area contributed by atoms with Crippen LogP contribution in [0.1, 0.15) is 16.8 Å². The molecule has 1 aromatic rings. The fourth-order valence-electron chi connectivity index (χ4n) is 3.11. The number of likely N-dealkylation sites (N-methyl/N-ethyl adjacent to an activating group) is 1. The Labute approximate surface area is 138 Å². The van der Waals surface area contributed by atoms with Crippen molar-refractivity contribution in [1.82, 2.24) is 15.1 Å². The number of carbonyl (C=O) groups excluding carboxylic acids is 1. The highest BCUT2D eigenvalue weighted by atomic mass is 16.5. The number of piperazine rings is 1. The van der Waals surface area contributed by atoms with Crippen LogP contribution in [0.2, 0.25) is 0 Å². The van der Waals surface area contributed by atoms with Gasteiger partial charge in [-0.3, -0.25) is 9.69 Å². The highest BCUT2D eigenvalue weighted by Gasteiger charge is 2.18. The third kappa shape index (κ3) is 4.77. The lowest BCUT2D eigenvalue weighted by Gasteiger charge is -2.31. The second kappa shape index (κ2) is 7.90. The molecule has 0 spiro atoms. The minimum absolute atomic E-state index is 0.195. The first-order chi connectivity index (χ1) is 11.2. The van der Waals surface area contributed by atoms with E-state index < -0.39 is 0 Å². The van der Waals surface area contributed by atoms with E-state index in [-0.39, 0.29) is 5.78 Å². The van der Waals surface area contributed by atoms with Gasteiger partial charge >= 0.3 is 0 Å². The lowest BCUT2D eigenvalue weighted by Crippen LogP contribution is -2.46. The molecular weight excluding hydrogens is 290 g/mol. The first-order valence-corrected chi connectivity index (χ1v) is 8.58. The quantitative estimate of drug-likeness (QED) is 0.796. The van der Waals surface area contributed by atoms with Crippen LogP contribution in [0.5, 0.6) is 5.75 Å². The monoisotopic (exact) mass is 317 g/mol. The van der Waals surface area contributed by atoms with Gasteiger partial charge in [0.2, 0.25) is 0 Å². The topological polar surface area (TPSA) is 44.8 Å². The number of ether oxygens (including phenoxy) is 1. The summed E-state index contributed by atoms with van der Waals surface area (Å²) >= 11 is 0. The van der Waals surface area contributed by atoms with Gasteiger partial charge in [0.15, 0.2) is 5.78 Å². The lowest BCUT2D eigenvalue weighted by atomic mass is 10.1.